The van der Waals surface area contributed by atoms with Crippen LogP contribution >= 0.6 is 0 Å². The molecule has 0 bridgehead atoms. The number of rotatable bonds is 3. The molecular weight excluding hydrogens is 244 g/mol. The zero-order valence-corrected chi connectivity index (χ0v) is 12.1. The van der Waals surface area contributed by atoms with Crippen LogP contribution in [-0.4, -0.2) is 6.54 Å². The Kier molecular flexibility index (Phi) is 3.64. The predicted molar refractivity (Wildman–Crippen MR) is 86.0 cm³/mol. The zero-order valence-electron chi connectivity index (χ0n) is 12.1. The number of anilines is 2. The number of nitrogens with two attached hydrogens (primary N) is 1. The van der Waals surface area contributed by atoms with Crippen molar-refractivity contribution in [3.63, 3.8) is 0 Å². The summed E-state index contributed by atoms with van der Waals surface area (Å²) in [5.41, 5.74) is 12.3. The molecule has 3 rings (SSSR count). The number of nitrogen functional groups attached to an aromatic ring is 1. The molecule has 2 nitrogen and oxygen atoms in total. The van der Waals surface area contributed by atoms with E-state index in [0.717, 1.165) is 31.6 Å². The molecule has 20 heavy (non-hydrogen) atoms. The number of hydrogen-bond acceptors (Lipinski definition) is 2. The minimum absolute atomic E-state index is 0.873. The minimum atomic E-state index is 0.873. The maximum Gasteiger partial charge on any atom is 0.0429 e. The number of nitrogens with zero attached hydrogens (tertiary/aromatic N) is 1. The first-order chi connectivity index (χ1) is 9.76. The quantitative estimate of drug-likeness (QED) is 0.857. The third-order valence-electron chi connectivity index (χ3n) is 4.12. The van der Waals surface area contributed by atoms with E-state index in [0.29, 0.717) is 0 Å². The molecule has 0 saturated carbocycles. The molecule has 0 saturated heterocycles. The minimum Gasteiger partial charge on any atom is -0.399 e. The van der Waals surface area contributed by atoms with Crippen LogP contribution in [0.4, 0.5) is 11.4 Å². The van der Waals surface area contributed by atoms with Crippen molar-refractivity contribution < 1.29 is 0 Å². The topological polar surface area (TPSA) is 29.3 Å². The van der Waals surface area contributed by atoms with E-state index in [1.807, 2.05) is 6.07 Å². The van der Waals surface area contributed by atoms with E-state index < -0.39 is 0 Å². The third kappa shape index (κ3) is 2.64. The standard InChI is InChI=1S/C18H22N2/c1-2-14-5-7-15(8-6-14)13-20-11-3-4-16-12-17(19)9-10-18(16)20/h5-10,12H,2-4,11,13,19H2,1H3. The van der Waals surface area contributed by atoms with Gasteiger partial charge in [0, 0.05) is 24.5 Å². The van der Waals surface area contributed by atoms with Crippen LogP contribution < -0.4 is 10.6 Å². The Labute approximate surface area is 121 Å². The Morgan fingerprint density at radius 3 is 2.55 bits per heavy atom. The summed E-state index contributed by atoms with van der Waals surface area (Å²) >= 11 is 0. The number of aryl methyl sites for hydroxylation is 2. The molecule has 2 aromatic rings. The highest BCUT2D eigenvalue weighted by molar-refractivity contribution is 5.61. The molecule has 2 aromatic carbocycles. The number of fused-ring (bicyclic) bond motifs is 1. The second-order valence-electron chi connectivity index (χ2n) is 5.58. The van der Waals surface area contributed by atoms with Gasteiger partial charge in [0.25, 0.3) is 0 Å². The highest BCUT2D eigenvalue weighted by atomic mass is 15.1. The highest BCUT2D eigenvalue weighted by Gasteiger charge is 2.16. The molecule has 0 atom stereocenters. The Morgan fingerprint density at radius 2 is 1.80 bits per heavy atom. The third-order valence-corrected chi connectivity index (χ3v) is 4.12. The lowest BCUT2D eigenvalue weighted by molar-refractivity contribution is 0.691. The molecule has 104 valence electrons. The van der Waals surface area contributed by atoms with Crippen molar-refractivity contribution in [3.8, 4) is 0 Å². The largest absolute Gasteiger partial charge is 0.399 e. The van der Waals surface area contributed by atoms with E-state index in [1.54, 1.807) is 0 Å². The summed E-state index contributed by atoms with van der Waals surface area (Å²) in [4.78, 5) is 2.47. The summed E-state index contributed by atoms with van der Waals surface area (Å²) in [7, 11) is 0. The van der Waals surface area contributed by atoms with Gasteiger partial charge in [-0.1, -0.05) is 31.2 Å². The van der Waals surface area contributed by atoms with E-state index in [2.05, 4.69) is 48.2 Å². The van der Waals surface area contributed by atoms with Crippen LogP contribution in [0.25, 0.3) is 0 Å². The molecule has 0 aromatic heterocycles. The molecule has 1 heterocycles. The second kappa shape index (κ2) is 5.58. The predicted octanol–water partition coefficient (Wildman–Crippen LogP) is 3.78. The van der Waals surface area contributed by atoms with E-state index in [-0.39, 0.29) is 0 Å². The Balaban J connectivity index is 1.81. The van der Waals surface area contributed by atoms with Gasteiger partial charge in [0.15, 0.2) is 0 Å². The van der Waals surface area contributed by atoms with Gasteiger partial charge in [-0.05, 0) is 54.2 Å². The lowest BCUT2D eigenvalue weighted by Gasteiger charge is -2.31. The van der Waals surface area contributed by atoms with E-state index in [4.69, 9.17) is 5.73 Å². The fraction of sp³-hybridized carbons (Fsp3) is 0.333. The second-order valence-corrected chi connectivity index (χ2v) is 5.58. The summed E-state index contributed by atoms with van der Waals surface area (Å²) in [6.07, 6.45) is 3.46. The molecule has 0 radical (unpaired) electrons. The first-order valence-corrected chi connectivity index (χ1v) is 7.47. The van der Waals surface area contributed by atoms with Crippen LogP contribution in [-0.2, 0) is 19.4 Å². The van der Waals surface area contributed by atoms with Crippen LogP contribution in [0, 0.1) is 0 Å². The van der Waals surface area contributed by atoms with Crippen molar-refractivity contribution in [1.29, 1.82) is 0 Å². The maximum absolute atomic E-state index is 5.89. The van der Waals surface area contributed by atoms with Gasteiger partial charge < -0.3 is 10.6 Å². The normalized spacial score (nSPS) is 14.2. The maximum atomic E-state index is 5.89. The summed E-state index contributed by atoms with van der Waals surface area (Å²) < 4.78 is 0. The van der Waals surface area contributed by atoms with E-state index in [9.17, 15) is 0 Å². The fourth-order valence-corrected chi connectivity index (χ4v) is 2.96. The molecule has 2 heteroatoms. The summed E-state index contributed by atoms with van der Waals surface area (Å²) in [6.45, 7) is 4.31. The van der Waals surface area contributed by atoms with Gasteiger partial charge in [0.1, 0.15) is 0 Å². The Hall–Kier alpha value is -1.96. The summed E-state index contributed by atoms with van der Waals surface area (Å²) in [6, 6.07) is 15.3. The first-order valence-electron chi connectivity index (χ1n) is 7.47. The van der Waals surface area contributed by atoms with Gasteiger partial charge in [0.2, 0.25) is 0 Å². The molecular formula is C18H22N2. The average Bonchev–Trinajstić information content (AvgIpc) is 2.48. The van der Waals surface area contributed by atoms with Crippen LogP contribution in [0.2, 0.25) is 0 Å². The van der Waals surface area contributed by atoms with Gasteiger partial charge in [0.05, 0.1) is 0 Å². The molecule has 2 N–H and O–H groups in total. The molecule has 0 aliphatic carbocycles. The highest BCUT2D eigenvalue weighted by Crippen LogP contribution is 2.30. The van der Waals surface area contributed by atoms with Gasteiger partial charge >= 0.3 is 0 Å². The zero-order chi connectivity index (χ0) is 13.9. The fourth-order valence-electron chi connectivity index (χ4n) is 2.96. The molecule has 0 unspecified atom stereocenters. The SMILES string of the molecule is CCc1ccc(CN2CCCc3cc(N)ccc32)cc1. The van der Waals surface area contributed by atoms with Gasteiger partial charge in [-0.2, -0.15) is 0 Å². The van der Waals surface area contributed by atoms with Crippen molar-refractivity contribution in [3.05, 3.63) is 59.2 Å². The molecule has 0 spiro atoms. The van der Waals surface area contributed by atoms with Crippen LogP contribution in [0.3, 0.4) is 0 Å². The number of hydrogen-bond donors (Lipinski definition) is 1. The van der Waals surface area contributed by atoms with Gasteiger partial charge in [-0.3, -0.25) is 0 Å². The van der Waals surface area contributed by atoms with Crippen molar-refractivity contribution in [1.82, 2.24) is 0 Å². The van der Waals surface area contributed by atoms with Crippen LogP contribution in [0.15, 0.2) is 42.5 Å². The summed E-state index contributed by atoms with van der Waals surface area (Å²) in [5, 5.41) is 0. The number of benzene rings is 2. The average molecular weight is 266 g/mol. The molecule has 1 aliphatic heterocycles. The summed E-state index contributed by atoms with van der Waals surface area (Å²) in [5.74, 6) is 0. The Morgan fingerprint density at radius 1 is 1.05 bits per heavy atom. The first kappa shape index (κ1) is 13.0. The monoisotopic (exact) mass is 266 g/mol. The lowest BCUT2D eigenvalue weighted by atomic mass is 10.00. The lowest BCUT2D eigenvalue weighted by Crippen LogP contribution is -2.28. The van der Waals surface area contributed by atoms with Crippen molar-refractivity contribution >= 4 is 11.4 Å². The smallest absolute Gasteiger partial charge is 0.0429 e. The van der Waals surface area contributed by atoms with Crippen molar-refractivity contribution in [2.75, 3.05) is 17.2 Å². The van der Waals surface area contributed by atoms with Crippen LogP contribution in [0.1, 0.15) is 30.0 Å². The molecule has 0 amide bonds. The molecule has 1 aliphatic rings. The van der Waals surface area contributed by atoms with Crippen LogP contribution in [0.5, 0.6) is 0 Å². The molecule has 0 fully saturated rings. The van der Waals surface area contributed by atoms with E-state index in [1.165, 1.54) is 28.8 Å². The van der Waals surface area contributed by atoms with E-state index >= 15 is 0 Å². The Bertz CT molecular complexity index is 587. The van der Waals surface area contributed by atoms with Crippen molar-refractivity contribution in [2.24, 2.45) is 0 Å². The van der Waals surface area contributed by atoms with Gasteiger partial charge in [-0.15, -0.1) is 0 Å². The van der Waals surface area contributed by atoms with Gasteiger partial charge in [-0.25, -0.2) is 0 Å². The van der Waals surface area contributed by atoms with Crippen molar-refractivity contribution in [2.45, 2.75) is 32.7 Å².